The quantitative estimate of drug-likeness (QED) is 0.401. The lowest BCUT2D eigenvalue weighted by Crippen LogP contribution is -2.57. The molecule has 2 aromatic rings. The second-order valence-electron chi connectivity index (χ2n) is 12.3. The number of benzene rings is 1. The van der Waals surface area contributed by atoms with E-state index in [2.05, 4.69) is 30.7 Å². The lowest BCUT2D eigenvalue weighted by molar-refractivity contribution is 0.0122. The summed E-state index contributed by atoms with van der Waals surface area (Å²) in [7, 11) is 0. The fourth-order valence-corrected chi connectivity index (χ4v) is 7.27. The largest absolute Gasteiger partial charge is 0.461 e. The maximum atomic E-state index is 15.5. The number of amides is 1. The van der Waals surface area contributed by atoms with Crippen molar-refractivity contribution in [2.45, 2.75) is 82.3 Å². The molecular formula is C27H33BrClF2N5O3. The topological polar surface area (TPSA) is 71.0 Å². The molecule has 4 aliphatic rings. The van der Waals surface area contributed by atoms with Gasteiger partial charge in [0.15, 0.2) is 5.82 Å². The third-order valence-electron chi connectivity index (χ3n) is 8.40. The summed E-state index contributed by atoms with van der Waals surface area (Å²) in [5.74, 6) is -0.0775. The van der Waals surface area contributed by atoms with Crippen LogP contribution in [0.3, 0.4) is 0 Å². The van der Waals surface area contributed by atoms with Gasteiger partial charge in [-0.15, -0.1) is 0 Å². The van der Waals surface area contributed by atoms with Crippen LogP contribution < -0.4 is 9.64 Å². The molecule has 5 heterocycles. The first-order valence-electron chi connectivity index (χ1n) is 13.6. The fraction of sp³-hybridized carbons (Fsp3) is 0.667. The Morgan fingerprint density at radius 1 is 1.23 bits per heavy atom. The van der Waals surface area contributed by atoms with E-state index in [9.17, 15) is 9.18 Å². The van der Waals surface area contributed by atoms with Gasteiger partial charge in [0.25, 0.3) is 0 Å². The Hall–Kier alpha value is -1.98. The zero-order valence-corrected chi connectivity index (χ0v) is 24.7. The van der Waals surface area contributed by atoms with E-state index in [1.165, 1.54) is 0 Å². The van der Waals surface area contributed by atoms with Gasteiger partial charge in [0.1, 0.15) is 29.7 Å². The molecule has 6 rings (SSSR count). The van der Waals surface area contributed by atoms with Crippen LogP contribution in [-0.2, 0) is 4.74 Å². The van der Waals surface area contributed by atoms with Crippen LogP contribution in [-0.4, -0.2) is 88.0 Å². The van der Waals surface area contributed by atoms with Crippen LogP contribution in [0.15, 0.2) is 10.5 Å². The predicted octanol–water partition coefficient (Wildman–Crippen LogP) is 5.73. The van der Waals surface area contributed by atoms with Gasteiger partial charge in [0.05, 0.1) is 27.1 Å². The zero-order valence-electron chi connectivity index (χ0n) is 22.4. The van der Waals surface area contributed by atoms with Crippen molar-refractivity contribution in [3.05, 3.63) is 21.4 Å². The van der Waals surface area contributed by atoms with Gasteiger partial charge >= 0.3 is 12.1 Å². The highest BCUT2D eigenvalue weighted by molar-refractivity contribution is 9.10. The molecule has 39 heavy (non-hydrogen) atoms. The first-order valence-corrected chi connectivity index (χ1v) is 14.7. The zero-order chi connectivity index (χ0) is 27.7. The maximum absolute atomic E-state index is 15.5. The molecule has 8 nitrogen and oxygen atoms in total. The molecule has 1 aromatic carbocycles. The minimum atomic E-state index is -0.880. The van der Waals surface area contributed by atoms with Crippen molar-refractivity contribution in [2.24, 2.45) is 0 Å². The van der Waals surface area contributed by atoms with Crippen molar-refractivity contribution >= 4 is 50.3 Å². The van der Waals surface area contributed by atoms with Crippen molar-refractivity contribution in [1.82, 2.24) is 19.8 Å². The molecule has 1 aromatic heterocycles. The number of ether oxygens (including phenoxy) is 2. The monoisotopic (exact) mass is 627 g/mol. The molecular weight excluding hydrogens is 596 g/mol. The molecule has 0 saturated carbocycles. The SMILES string of the molecule is CC(C)(C)OC(=O)N1[C@H]2CC[C@H]1CN(c1nc(OC[C@@]34CCCN3C[C@H](F)C4)nc3c(F)c(Br)c(Cl)cc13)C2. The minimum absolute atomic E-state index is 0.0519. The van der Waals surface area contributed by atoms with Gasteiger partial charge in [-0.25, -0.2) is 13.6 Å². The summed E-state index contributed by atoms with van der Waals surface area (Å²) < 4.78 is 41.7. The Balaban J connectivity index is 1.32. The molecule has 0 spiro atoms. The third-order valence-corrected chi connectivity index (χ3v) is 9.70. The Bertz CT molecular complexity index is 1300. The van der Waals surface area contributed by atoms with Crippen molar-refractivity contribution in [3.8, 4) is 6.01 Å². The van der Waals surface area contributed by atoms with E-state index in [0.717, 1.165) is 32.2 Å². The van der Waals surface area contributed by atoms with E-state index >= 15 is 4.39 Å². The number of carbonyl (C=O) groups is 1. The van der Waals surface area contributed by atoms with Gasteiger partial charge in [-0.05, 0) is 75.0 Å². The highest BCUT2D eigenvalue weighted by Gasteiger charge is 2.50. The molecule has 12 heteroatoms. The molecule has 0 unspecified atom stereocenters. The Labute approximate surface area is 240 Å². The van der Waals surface area contributed by atoms with E-state index in [4.69, 9.17) is 26.1 Å². The van der Waals surface area contributed by atoms with E-state index in [1.807, 2.05) is 25.7 Å². The fourth-order valence-electron chi connectivity index (χ4n) is 6.78. The number of nitrogens with zero attached hydrogens (tertiary/aromatic N) is 5. The number of fused-ring (bicyclic) bond motifs is 4. The molecule has 0 N–H and O–H groups in total. The number of hydrogen-bond acceptors (Lipinski definition) is 7. The second-order valence-corrected chi connectivity index (χ2v) is 13.5. The summed E-state index contributed by atoms with van der Waals surface area (Å²) in [6, 6.07) is 1.59. The molecule has 212 valence electrons. The van der Waals surface area contributed by atoms with Gasteiger partial charge in [0.2, 0.25) is 0 Å². The number of piperazine rings is 1. The Morgan fingerprint density at radius 3 is 2.64 bits per heavy atom. The number of alkyl halides is 1. The standard InChI is InChI=1S/C27H33BrClF2N5O3/c1-26(2,3)39-25(37)36-16-5-6-17(36)13-34(12-16)23-18-9-19(29)20(28)21(31)22(18)32-24(33-23)38-14-27-7-4-8-35(27)11-15(30)10-27/h9,15-17H,4-8,10-14H2,1-3H3/t15-,16+,17+,27+/m1/s1. The third kappa shape index (κ3) is 4.92. The Kier molecular flexibility index (Phi) is 6.86. The van der Waals surface area contributed by atoms with E-state index < -0.39 is 17.6 Å². The number of aromatic nitrogens is 2. The summed E-state index contributed by atoms with van der Waals surface area (Å²) in [6.45, 7) is 8.10. The van der Waals surface area contributed by atoms with Crippen LogP contribution in [0.2, 0.25) is 5.02 Å². The average Bonchev–Trinajstić information content (AvgIpc) is 3.47. The summed E-state index contributed by atoms with van der Waals surface area (Å²) in [6.07, 6.45) is 2.75. The van der Waals surface area contributed by atoms with Gasteiger partial charge in [-0.1, -0.05) is 11.6 Å². The number of rotatable bonds is 4. The van der Waals surface area contributed by atoms with E-state index in [0.29, 0.717) is 37.3 Å². The normalized spacial score (nSPS) is 28.8. The first-order chi connectivity index (χ1) is 18.4. The van der Waals surface area contributed by atoms with E-state index in [-0.39, 0.29) is 51.3 Å². The highest BCUT2D eigenvalue weighted by Crippen LogP contribution is 2.42. The summed E-state index contributed by atoms with van der Waals surface area (Å²) in [4.78, 5) is 28.2. The average molecular weight is 629 g/mol. The predicted molar refractivity (Wildman–Crippen MR) is 148 cm³/mol. The van der Waals surface area contributed by atoms with Crippen LogP contribution in [0.5, 0.6) is 6.01 Å². The van der Waals surface area contributed by atoms with Crippen LogP contribution in [0.1, 0.15) is 52.9 Å². The van der Waals surface area contributed by atoms with Crippen LogP contribution in [0.25, 0.3) is 10.9 Å². The van der Waals surface area contributed by atoms with Crippen molar-refractivity contribution in [3.63, 3.8) is 0 Å². The molecule has 0 radical (unpaired) electrons. The van der Waals surface area contributed by atoms with Crippen molar-refractivity contribution < 1.29 is 23.0 Å². The van der Waals surface area contributed by atoms with Gasteiger partial charge < -0.3 is 14.4 Å². The summed E-state index contributed by atoms with van der Waals surface area (Å²) >= 11 is 9.59. The van der Waals surface area contributed by atoms with Crippen molar-refractivity contribution in [2.75, 3.05) is 37.7 Å². The molecule has 4 saturated heterocycles. The molecule has 2 bridgehead atoms. The summed E-state index contributed by atoms with van der Waals surface area (Å²) in [5, 5.41) is 0.692. The maximum Gasteiger partial charge on any atom is 0.410 e. The Morgan fingerprint density at radius 2 is 1.95 bits per heavy atom. The van der Waals surface area contributed by atoms with Crippen LogP contribution in [0.4, 0.5) is 19.4 Å². The van der Waals surface area contributed by atoms with Crippen LogP contribution in [0, 0.1) is 5.82 Å². The molecule has 4 aliphatic heterocycles. The van der Waals surface area contributed by atoms with Gasteiger partial charge in [-0.3, -0.25) is 9.80 Å². The van der Waals surface area contributed by atoms with Crippen molar-refractivity contribution in [1.29, 1.82) is 0 Å². The highest BCUT2D eigenvalue weighted by atomic mass is 79.9. The van der Waals surface area contributed by atoms with Gasteiger partial charge in [0, 0.05) is 31.4 Å². The number of halogens is 4. The second kappa shape index (κ2) is 9.83. The summed E-state index contributed by atoms with van der Waals surface area (Å²) in [5.41, 5.74) is -0.862. The van der Waals surface area contributed by atoms with Crippen LogP contribution >= 0.6 is 27.5 Å². The minimum Gasteiger partial charge on any atom is -0.461 e. The molecule has 0 aliphatic carbocycles. The first kappa shape index (κ1) is 27.2. The number of carbonyl (C=O) groups excluding carboxylic acids is 1. The molecule has 1 amide bonds. The molecule has 4 fully saturated rings. The lowest BCUT2D eigenvalue weighted by Gasteiger charge is -2.42. The number of hydrogen-bond donors (Lipinski definition) is 0. The molecule has 4 atom stereocenters. The van der Waals surface area contributed by atoms with Gasteiger partial charge in [-0.2, -0.15) is 9.97 Å². The lowest BCUT2D eigenvalue weighted by atomic mass is 9.95. The number of anilines is 1. The van der Waals surface area contributed by atoms with E-state index in [1.54, 1.807) is 6.07 Å². The smallest absolute Gasteiger partial charge is 0.410 e.